The molecule has 166 valence electrons. The molecule has 32 heavy (non-hydrogen) atoms. The molecule has 0 radical (unpaired) electrons. The van der Waals surface area contributed by atoms with Gasteiger partial charge in [0.15, 0.2) is 10.9 Å². The van der Waals surface area contributed by atoms with Crippen molar-refractivity contribution in [1.82, 2.24) is 15.2 Å². The zero-order valence-electron chi connectivity index (χ0n) is 18.4. The lowest BCUT2D eigenvalue weighted by Crippen LogP contribution is -2.24. The number of thioether (sulfide) groups is 1. The highest BCUT2D eigenvalue weighted by molar-refractivity contribution is 8.00. The Morgan fingerprint density at radius 1 is 1.03 bits per heavy atom. The van der Waals surface area contributed by atoms with Crippen LogP contribution in [-0.4, -0.2) is 32.2 Å². The monoisotopic (exact) mass is 451 g/mol. The number of rotatable bonds is 7. The molecule has 0 spiro atoms. The number of amides is 2. The van der Waals surface area contributed by atoms with Gasteiger partial charge in [-0.05, 0) is 44.0 Å². The molecule has 0 saturated heterocycles. The average Bonchev–Trinajstić information content (AvgIpc) is 2.77. The minimum Gasteiger partial charge on any atom is -0.325 e. The van der Waals surface area contributed by atoms with Crippen LogP contribution in [0.3, 0.4) is 0 Å². The molecule has 0 aliphatic heterocycles. The number of hydrogen-bond acceptors (Lipinski definition) is 6. The van der Waals surface area contributed by atoms with E-state index in [1.165, 1.54) is 0 Å². The van der Waals surface area contributed by atoms with Gasteiger partial charge in [-0.25, -0.2) is 0 Å². The summed E-state index contributed by atoms with van der Waals surface area (Å²) in [6.07, 6.45) is 0.313. The van der Waals surface area contributed by atoms with Crippen molar-refractivity contribution in [1.29, 1.82) is 0 Å². The first kappa shape index (κ1) is 23.2. The summed E-state index contributed by atoms with van der Waals surface area (Å²) in [6.45, 7) is 7.41. The molecule has 2 aromatic carbocycles. The second-order valence-corrected chi connectivity index (χ2v) is 8.58. The lowest BCUT2D eigenvalue weighted by atomic mass is 10.1. The quantitative estimate of drug-likeness (QED) is 0.469. The Balaban J connectivity index is 1.76. The molecule has 3 aromatic rings. The van der Waals surface area contributed by atoms with Gasteiger partial charge in [0.05, 0.1) is 10.9 Å². The molecule has 2 amide bonds. The Bertz CT molecular complexity index is 1210. The van der Waals surface area contributed by atoms with Crippen molar-refractivity contribution in [3.8, 4) is 11.3 Å². The molecule has 3 N–H and O–H groups in total. The summed E-state index contributed by atoms with van der Waals surface area (Å²) in [4.78, 5) is 39.8. The maximum absolute atomic E-state index is 12.7. The van der Waals surface area contributed by atoms with Crippen LogP contribution < -0.4 is 16.2 Å². The first-order chi connectivity index (χ1) is 15.3. The number of H-pyrrole nitrogens is 1. The van der Waals surface area contributed by atoms with Crippen LogP contribution >= 0.6 is 11.8 Å². The summed E-state index contributed by atoms with van der Waals surface area (Å²) in [5, 5.41) is 13.5. The lowest BCUT2D eigenvalue weighted by molar-refractivity contribution is -0.116. The number of benzene rings is 2. The molecule has 3 rings (SSSR count). The van der Waals surface area contributed by atoms with Crippen molar-refractivity contribution in [3.63, 3.8) is 0 Å². The van der Waals surface area contributed by atoms with Gasteiger partial charge < -0.3 is 10.6 Å². The minimum absolute atomic E-state index is 0.0915. The Labute approximate surface area is 190 Å². The number of anilines is 2. The molecular formula is C23H25N5O3S. The molecule has 1 heterocycles. The largest absolute Gasteiger partial charge is 0.325 e. The normalized spacial score (nSPS) is 11.6. The van der Waals surface area contributed by atoms with Gasteiger partial charge in [0, 0.05) is 17.7 Å². The van der Waals surface area contributed by atoms with E-state index in [1.54, 1.807) is 38.1 Å². The first-order valence-corrected chi connectivity index (χ1v) is 11.1. The Morgan fingerprint density at radius 3 is 2.47 bits per heavy atom. The van der Waals surface area contributed by atoms with E-state index in [0.717, 1.165) is 28.6 Å². The van der Waals surface area contributed by atoms with Gasteiger partial charge in [-0.15, -0.1) is 10.2 Å². The molecule has 0 fully saturated rings. The third-order valence-corrected chi connectivity index (χ3v) is 5.95. The van der Waals surface area contributed by atoms with E-state index >= 15 is 0 Å². The van der Waals surface area contributed by atoms with E-state index in [4.69, 9.17) is 0 Å². The molecule has 1 aromatic heterocycles. The van der Waals surface area contributed by atoms with Crippen molar-refractivity contribution in [2.24, 2.45) is 0 Å². The van der Waals surface area contributed by atoms with Crippen LogP contribution in [0.5, 0.6) is 0 Å². The maximum Gasteiger partial charge on any atom is 0.278 e. The van der Waals surface area contributed by atoms with Crippen LogP contribution in [0, 0.1) is 13.8 Å². The van der Waals surface area contributed by atoms with Gasteiger partial charge in [-0.2, -0.15) is 0 Å². The smallest absolute Gasteiger partial charge is 0.278 e. The standard InChI is InChI=1S/C23H25N5O3S/c1-5-19(29)24-18-11-7-6-10-16(18)20-22(31)26-23(28-27-20)32-15(4)21(30)25-17-12-8-9-13(2)14(17)3/h6-12,15H,5H2,1-4H3,(H,24,29)(H,25,30)(H,26,28,31). The number of hydrogen-bond donors (Lipinski definition) is 3. The van der Waals surface area contributed by atoms with Crippen LogP contribution in [-0.2, 0) is 9.59 Å². The van der Waals surface area contributed by atoms with Crippen LogP contribution in [0.2, 0.25) is 0 Å². The maximum atomic E-state index is 12.7. The number of nitrogens with one attached hydrogen (secondary N) is 3. The first-order valence-electron chi connectivity index (χ1n) is 10.2. The third-order valence-electron chi connectivity index (χ3n) is 4.97. The van der Waals surface area contributed by atoms with Crippen LogP contribution in [0.15, 0.2) is 52.4 Å². The average molecular weight is 452 g/mol. The predicted octanol–water partition coefficient (Wildman–Crippen LogP) is 3.92. The van der Waals surface area contributed by atoms with Crippen LogP contribution in [0.25, 0.3) is 11.3 Å². The number of para-hydroxylation sites is 1. The number of nitrogens with zero attached hydrogens (tertiary/aromatic N) is 2. The fraction of sp³-hybridized carbons (Fsp3) is 0.261. The Morgan fingerprint density at radius 2 is 1.75 bits per heavy atom. The Hall–Kier alpha value is -3.46. The third kappa shape index (κ3) is 5.42. The molecule has 9 heteroatoms. The fourth-order valence-electron chi connectivity index (χ4n) is 2.93. The summed E-state index contributed by atoms with van der Waals surface area (Å²) in [6, 6.07) is 12.6. The lowest BCUT2D eigenvalue weighted by Gasteiger charge is -2.14. The van der Waals surface area contributed by atoms with Crippen molar-refractivity contribution in [2.75, 3.05) is 10.6 Å². The van der Waals surface area contributed by atoms with E-state index in [2.05, 4.69) is 25.8 Å². The van der Waals surface area contributed by atoms with Crippen molar-refractivity contribution >= 4 is 35.0 Å². The van der Waals surface area contributed by atoms with Gasteiger partial charge in [0.25, 0.3) is 5.56 Å². The van der Waals surface area contributed by atoms with E-state index in [0.29, 0.717) is 17.7 Å². The van der Waals surface area contributed by atoms with Crippen LogP contribution in [0.1, 0.15) is 31.4 Å². The zero-order chi connectivity index (χ0) is 23.3. The highest BCUT2D eigenvalue weighted by atomic mass is 32.2. The highest BCUT2D eigenvalue weighted by Crippen LogP contribution is 2.25. The SMILES string of the molecule is CCC(=O)Nc1ccccc1-c1nnc(SC(C)C(=O)Nc2cccc(C)c2C)[nH]c1=O. The van der Waals surface area contributed by atoms with Gasteiger partial charge >= 0.3 is 0 Å². The molecule has 0 bridgehead atoms. The number of carbonyl (C=O) groups excluding carboxylic acids is 2. The highest BCUT2D eigenvalue weighted by Gasteiger charge is 2.19. The summed E-state index contributed by atoms with van der Waals surface area (Å²) < 4.78 is 0. The number of carbonyl (C=O) groups is 2. The second kappa shape index (κ2) is 10.2. The molecule has 0 saturated carbocycles. The van der Waals surface area contributed by atoms with Crippen molar-refractivity contribution < 1.29 is 9.59 Å². The Kier molecular flexibility index (Phi) is 7.42. The summed E-state index contributed by atoms with van der Waals surface area (Å²) in [5.41, 5.74) is 3.44. The summed E-state index contributed by atoms with van der Waals surface area (Å²) >= 11 is 1.11. The van der Waals surface area contributed by atoms with E-state index in [1.807, 2.05) is 32.0 Å². The second-order valence-electron chi connectivity index (χ2n) is 7.25. The zero-order valence-corrected chi connectivity index (χ0v) is 19.2. The molecule has 0 aliphatic carbocycles. The van der Waals surface area contributed by atoms with Gasteiger partial charge in [0.2, 0.25) is 11.8 Å². The predicted molar refractivity (Wildman–Crippen MR) is 127 cm³/mol. The molecule has 1 unspecified atom stereocenters. The number of aromatic amines is 1. The summed E-state index contributed by atoms with van der Waals surface area (Å²) in [7, 11) is 0. The van der Waals surface area contributed by atoms with Gasteiger partial charge in [-0.3, -0.25) is 19.4 Å². The van der Waals surface area contributed by atoms with E-state index < -0.39 is 10.8 Å². The summed E-state index contributed by atoms with van der Waals surface area (Å²) in [5.74, 6) is -0.374. The minimum atomic E-state index is -0.512. The molecule has 8 nitrogen and oxygen atoms in total. The van der Waals surface area contributed by atoms with E-state index in [9.17, 15) is 14.4 Å². The molecular weight excluding hydrogens is 426 g/mol. The van der Waals surface area contributed by atoms with Crippen molar-refractivity contribution in [3.05, 3.63) is 63.9 Å². The number of aromatic nitrogens is 3. The van der Waals surface area contributed by atoms with Gasteiger partial charge in [-0.1, -0.05) is 49.0 Å². The number of aryl methyl sites for hydroxylation is 1. The van der Waals surface area contributed by atoms with Crippen LogP contribution in [0.4, 0.5) is 11.4 Å². The topological polar surface area (TPSA) is 117 Å². The van der Waals surface area contributed by atoms with Crippen molar-refractivity contribution in [2.45, 2.75) is 44.5 Å². The molecule has 0 aliphatic rings. The fourth-order valence-corrected chi connectivity index (χ4v) is 3.67. The van der Waals surface area contributed by atoms with Gasteiger partial charge in [0.1, 0.15) is 0 Å². The van der Waals surface area contributed by atoms with E-state index in [-0.39, 0.29) is 22.7 Å². The molecule has 1 atom stereocenters.